The second kappa shape index (κ2) is 8.19. The molecule has 0 radical (unpaired) electrons. The zero-order valence-corrected chi connectivity index (χ0v) is 17.0. The van der Waals surface area contributed by atoms with Gasteiger partial charge in [-0.3, -0.25) is 24.4 Å². The first-order valence-electron chi connectivity index (χ1n) is 9.22. The van der Waals surface area contributed by atoms with Gasteiger partial charge in [0.1, 0.15) is 11.1 Å². The first-order chi connectivity index (χ1) is 13.8. The summed E-state index contributed by atoms with van der Waals surface area (Å²) >= 11 is 0. The Hall–Kier alpha value is -2.95. The highest BCUT2D eigenvalue weighted by atomic mass is 32.2. The van der Waals surface area contributed by atoms with Crippen molar-refractivity contribution in [2.24, 2.45) is 4.36 Å². The van der Waals surface area contributed by atoms with Crippen molar-refractivity contribution in [1.29, 1.82) is 0 Å². The van der Waals surface area contributed by atoms with Gasteiger partial charge in [-0.25, -0.2) is 4.21 Å². The lowest BCUT2D eigenvalue weighted by Crippen LogP contribution is -2.21. The Morgan fingerprint density at radius 1 is 1.31 bits per heavy atom. The number of nitrogens with one attached hydrogen (secondary N) is 1. The van der Waals surface area contributed by atoms with Crippen LogP contribution in [0.3, 0.4) is 0 Å². The highest BCUT2D eigenvalue weighted by Crippen LogP contribution is 2.41. The number of carbonyl (C=O) groups excluding carboxylic acids is 1. The molecule has 11 heteroatoms. The van der Waals surface area contributed by atoms with Gasteiger partial charge in [0.25, 0.3) is 5.56 Å². The molecule has 3 rings (SSSR count). The predicted molar refractivity (Wildman–Crippen MR) is 108 cm³/mol. The average molecular weight is 422 g/mol. The smallest absolute Gasteiger partial charge is 0.310 e. The number of nitro benzene ring substituents is 1. The molecular weight excluding hydrogens is 400 g/mol. The zero-order chi connectivity index (χ0) is 21.2. The Morgan fingerprint density at radius 3 is 2.55 bits per heavy atom. The number of aromatic amines is 1. The normalized spacial score (nSPS) is 15.7. The third-order valence-corrected chi connectivity index (χ3v) is 7.22. The quantitative estimate of drug-likeness (QED) is 0.432. The van der Waals surface area contributed by atoms with E-state index in [1.165, 1.54) is 30.1 Å². The number of H-pyrrole nitrogens is 1. The molecule has 1 aromatic carbocycles. The van der Waals surface area contributed by atoms with E-state index in [0.29, 0.717) is 18.1 Å². The van der Waals surface area contributed by atoms with Crippen LogP contribution in [0.5, 0.6) is 5.75 Å². The maximum atomic E-state index is 13.1. The number of nitro groups is 1. The van der Waals surface area contributed by atoms with Crippen LogP contribution in [-0.4, -0.2) is 43.3 Å². The van der Waals surface area contributed by atoms with Crippen LogP contribution in [0.15, 0.2) is 27.5 Å². The molecule has 0 amide bonds. The van der Waals surface area contributed by atoms with Crippen LogP contribution in [0.25, 0.3) is 0 Å². The first kappa shape index (κ1) is 20.8. The van der Waals surface area contributed by atoms with Gasteiger partial charge in [0, 0.05) is 24.2 Å². The predicted octanol–water partition coefficient (Wildman–Crippen LogP) is 2.63. The van der Waals surface area contributed by atoms with E-state index in [1.807, 2.05) is 0 Å². The third-order valence-electron chi connectivity index (χ3n) is 4.85. The van der Waals surface area contributed by atoms with Gasteiger partial charge in [0.05, 0.1) is 21.8 Å². The SMILES string of the molecule is CCn1[nH]cc(C(=O)c2ccc(OC)c(N=S3(=O)CCCCC3)c2[N+](=O)[O-])c1=O. The summed E-state index contributed by atoms with van der Waals surface area (Å²) in [6.45, 7) is 2.04. The standard InChI is InChI=1S/C18H22N4O6S/c1-3-21-18(24)13(11-19-21)17(23)12-7-8-14(28-2)15(16(12)22(25)26)20-29(27)9-5-4-6-10-29/h7-8,11,19H,3-6,9-10H2,1-2H3. The second-order valence-corrected chi connectivity index (χ2v) is 9.21. The van der Waals surface area contributed by atoms with E-state index in [9.17, 15) is 23.9 Å². The largest absolute Gasteiger partial charge is 0.494 e. The summed E-state index contributed by atoms with van der Waals surface area (Å²) in [5, 5.41) is 14.5. The van der Waals surface area contributed by atoms with Crippen LogP contribution in [0.4, 0.5) is 11.4 Å². The fraction of sp³-hybridized carbons (Fsp3) is 0.444. The summed E-state index contributed by atoms with van der Waals surface area (Å²) in [4.78, 5) is 36.4. The minimum Gasteiger partial charge on any atom is -0.494 e. The monoisotopic (exact) mass is 422 g/mol. The topological polar surface area (TPSA) is 137 Å². The lowest BCUT2D eigenvalue weighted by molar-refractivity contribution is -0.384. The van der Waals surface area contributed by atoms with Gasteiger partial charge in [-0.05, 0) is 31.9 Å². The lowest BCUT2D eigenvalue weighted by Gasteiger charge is -2.16. The molecule has 2 aromatic rings. The fourth-order valence-corrected chi connectivity index (χ4v) is 5.53. The van der Waals surface area contributed by atoms with Gasteiger partial charge in [0.15, 0.2) is 11.4 Å². The number of ether oxygens (including phenoxy) is 1. The third kappa shape index (κ3) is 3.95. The van der Waals surface area contributed by atoms with Crippen LogP contribution in [0.2, 0.25) is 0 Å². The molecule has 29 heavy (non-hydrogen) atoms. The minimum absolute atomic E-state index is 0.0570. The second-order valence-electron chi connectivity index (χ2n) is 6.67. The van der Waals surface area contributed by atoms with Crippen molar-refractivity contribution in [2.75, 3.05) is 18.6 Å². The Morgan fingerprint density at radius 2 is 2.00 bits per heavy atom. The minimum atomic E-state index is -2.69. The summed E-state index contributed by atoms with van der Waals surface area (Å²) < 4.78 is 23.7. The van der Waals surface area contributed by atoms with Crippen molar-refractivity contribution < 1.29 is 18.7 Å². The Kier molecular flexibility index (Phi) is 5.87. The van der Waals surface area contributed by atoms with Crippen molar-refractivity contribution in [1.82, 2.24) is 9.78 Å². The molecule has 0 spiro atoms. The van der Waals surface area contributed by atoms with E-state index in [1.54, 1.807) is 6.92 Å². The summed E-state index contributed by atoms with van der Waals surface area (Å²) in [6.07, 6.45) is 3.59. The van der Waals surface area contributed by atoms with Crippen molar-refractivity contribution >= 4 is 26.9 Å². The Labute approximate surface area is 167 Å². The molecule has 1 saturated heterocycles. The van der Waals surface area contributed by atoms with E-state index in [4.69, 9.17) is 4.74 Å². The molecule has 0 atom stereocenters. The van der Waals surface area contributed by atoms with E-state index >= 15 is 0 Å². The number of carbonyl (C=O) groups is 1. The molecular formula is C18H22N4O6S. The van der Waals surface area contributed by atoms with Gasteiger partial charge >= 0.3 is 5.69 Å². The molecule has 2 heterocycles. The molecule has 0 aliphatic carbocycles. The molecule has 0 saturated carbocycles. The summed E-state index contributed by atoms with van der Waals surface area (Å²) in [5.41, 5.74) is -1.91. The molecule has 1 aliphatic heterocycles. The van der Waals surface area contributed by atoms with E-state index in [-0.39, 0.29) is 22.6 Å². The number of methoxy groups -OCH3 is 1. The highest BCUT2D eigenvalue weighted by molar-refractivity contribution is 7.93. The van der Waals surface area contributed by atoms with Gasteiger partial charge in [-0.2, -0.15) is 4.36 Å². The van der Waals surface area contributed by atoms with Crippen molar-refractivity contribution in [2.45, 2.75) is 32.7 Å². The number of rotatable bonds is 6. The zero-order valence-electron chi connectivity index (χ0n) is 16.2. The highest BCUT2D eigenvalue weighted by Gasteiger charge is 2.31. The molecule has 10 nitrogen and oxygen atoms in total. The number of nitrogens with zero attached hydrogens (tertiary/aromatic N) is 3. The molecule has 0 bridgehead atoms. The van der Waals surface area contributed by atoms with Crippen LogP contribution in [-0.2, 0) is 16.3 Å². The molecule has 0 unspecified atom stereocenters. The molecule has 156 valence electrons. The lowest BCUT2D eigenvalue weighted by atomic mass is 10.0. The number of ketones is 1. The van der Waals surface area contributed by atoms with Gasteiger partial charge in [-0.1, -0.05) is 6.42 Å². The van der Waals surface area contributed by atoms with Crippen LogP contribution >= 0.6 is 0 Å². The summed E-state index contributed by atoms with van der Waals surface area (Å²) in [7, 11) is -1.37. The Bertz CT molecular complexity index is 1130. The average Bonchev–Trinajstić information content (AvgIpc) is 3.07. The number of aromatic nitrogens is 2. The first-order valence-corrected chi connectivity index (χ1v) is 11.1. The summed E-state index contributed by atoms with van der Waals surface area (Å²) in [6, 6.07) is 2.60. The number of benzene rings is 1. The molecule has 1 aromatic heterocycles. The van der Waals surface area contributed by atoms with Crippen molar-refractivity contribution in [3.8, 4) is 5.75 Å². The van der Waals surface area contributed by atoms with Gasteiger partial charge < -0.3 is 9.84 Å². The number of hydrogen-bond donors (Lipinski definition) is 1. The number of hydrogen-bond acceptors (Lipinski definition) is 7. The summed E-state index contributed by atoms with van der Waals surface area (Å²) in [5.74, 6) is -0.0703. The van der Waals surface area contributed by atoms with E-state index in [0.717, 1.165) is 19.3 Å². The van der Waals surface area contributed by atoms with Crippen LogP contribution in [0, 0.1) is 10.1 Å². The maximum Gasteiger partial charge on any atom is 0.310 e. The van der Waals surface area contributed by atoms with Crippen molar-refractivity contribution in [3.05, 3.63) is 49.9 Å². The molecule has 1 fully saturated rings. The molecule has 1 N–H and O–H groups in total. The van der Waals surface area contributed by atoms with Crippen LogP contribution in [0.1, 0.15) is 42.1 Å². The van der Waals surface area contributed by atoms with Crippen LogP contribution < -0.4 is 10.3 Å². The molecule has 1 aliphatic rings. The fourth-order valence-electron chi connectivity index (χ4n) is 3.32. The van der Waals surface area contributed by atoms with E-state index < -0.39 is 31.7 Å². The Balaban J connectivity index is 2.24. The van der Waals surface area contributed by atoms with Gasteiger partial charge in [-0.15, -0.1) is 0 Å². The maximum absolute atomic E-state index is 13.1. The van der Waals surface area contributed by atoms with E-state index in [2.05, 4.69) is 9.46 Å². The van der Waals surface area contributed by atoms with Gasteiger partial charge in [0.2, 0.25) is 5.78 Å². The number of aryl methyl sites for hydroxylation is 1. The van der Waals surface area contributed by atoms with Crippen molar-refractivity contribution in [3.63, 3.8) is 0 Å².